The second-order valence-electron chi connectivity index (χ2n) is 18.1. The number of carbonyl (C=O) groups is 9. The third kappa shape index (κ3) is 20.3. The number of carbonyl (C=O) groups excluding carboxylic acids is 8. The van der Waals surface area contributed by atoms with E-state index >= 15 is 0 Å². The minimum atomic E-state index is -1.20. The lowest BCUT2D eigenvalue weighted by Gasteiger charge is -2.29. The van der Waals surface area contributed by atoms with Crippen molar-refractivity contribution >= 4 is 53.2 Å². The summed E-state index contributed by atoms with van der Waals surface area (Å²) >= 11 is 0. The summed E-state index contributed by atoms with van der Waals surface area (Å²) in [6, 6.07) is -8.78. The van der Waals surface area contributed by atoms with Crippen LogP contribution in [0, 0.1) is 29.6 Å². The summed E-state index contributed by atoms with van der Waals surface area (Å²) in [6.45, 7) is 20.2. The molecule has 0 aromatic carbocycles. The van der Waals surface area contributed by atoms with Crippen molar-refractivity contribution in [1.82, 2.24) is 52.5 Å². The predicted molar refractivity (Wildman–Crippen MR) is 238 cm³/mol. The molecule has 8 amide bonds. The average molecular weight is 906 g/mol. The first-order valence-corrected chi connectivity index (χ1v) is 22.1. The number of nitrogens with zero attached hydrogens (tertiary/aromatic N) is 1. The van der Waals surface area contributed by atoms with Crippen molar-refractivity contribution in [3.8, 4) is 0 Å². The van der Waals surface area contributed by atoms with Crippen LogP contribution in [0.5, 0.6) is 0 Å². The van der Waals surface area contributed by atoms with Crippen LogP contribution < -0.4 is 48.3 Å². The van der Waals surface area contributed by atoms with Gasteiger partial charge in [0.25, 0.3) is 0 Å². The summed E-state index contributed by atoms with van der Waals surface area (Å²) in [6.07, 6.45) is 4.25. The molecule has 0 spiro atoms. The van der Waals surface area contributed by atoms with Crippen molar-refractivity contribution in [2.24, 2.45) is 35.3 Å². The van der Waals surface area contributed by atoms with Crippen LogP contribution in [0.2, 0.25) is 0 Å². The fourth-order valence-corrected chi connectivity index (χ4v) is 6.45. The molecule has 9 atom stereocenters. The van der Waals surface area contributed by atoms with Gasteiger partial charge in [-0.2, -0.15) is 0 Å². The lowest BCUT2D eigenvalue weighted by atomic mass is 9.96. The summed E-state index contributed by atoms with van der Waals surface area (Å²) in [5.41, 5.74) is 6.71. The van der Waals surface area contributed by atoms with Gasteiger partial charge in [-0.25, -0.2) is 9.78 Å². The largest absolute Gasteiger partial charge is 0.480 e. The molecule has 0 aliphatic carbocycles. The first kappa shape index (κ1) is 56.4. The molecule has 0 unspecified atom stereocenters. The Kier molecular flexibility index (Phi) is 24.3. The molecule has 0 fully saturated rings. The highest BCUT2D eigenvalue weighted by Gasteiger charge is 2.34. The van der Waals surface area contributed by atoms with Gasteiger partial charge in [0, 0.05) is 18.3 Å². The van der Waals surface area contributed by atoms with E-state index in [9.17, 15) is 48.3 Å². The highest BCUT2D eigenvalue weighted by atomic mass is 16.4. The first-order chi connectivity index (χ1) is 29.8. The Morgan fingerprint density at radius 1 is 0.594 bits per heavy atom. The van der Waals surface area contributed by atoms with Crippen molar-refractivity contribution in [3.05, 3.63) is 18.2 Å². The zero-order valence-corrected chi connectivity index (χ0v) is 39.5. The maximum absolute atomic E-state index is 13.7. The molecule has 0 saturated carbocycles. The zero-order chi connectivity index (χ0) is 49.0. The monoisotopic (exact) mass is 906 g/mol. The second kappa shape index (κ2) is 27.6. The van der Waals surface area contributed by atoms with Crippen LogP contribution in [-0.4, -0.2) is 123 Å². The topological polar surface area (TPSA) is 325 Å². The number of carboxylic acids is 1. The number of aromatic amines is 1. The Bertz CT molecular complexity index is 1720. The Morgan fingerprint density at radius 2 is 1.06 bits per heavy atom. The minimum Gasteiger partial charge on any atom is -0.480 e. The summed E-state index contributed by atoms with van der Waals surface area (Å²) in [4.78, 5) is 124. The molecule has 21 heteroatoms. The van der Waals surface area contributed by atoms with Crippen molar-refractivity contribution in [1.29, 1.82) is 0 Å². The SMILES string of the molecule is CC[C@H](C)[C@H](NC(=O)[C@@H](NC(=O)[C@H](C)NC(=O)[C@H](CC(C)C)NC(=O)[C@@H](N)Cc1cnc[nH]1)C(C)C)C(=O)NCC(=O)N[C@@H](C)C(=O)N[C@@H](CC(C)C)C(=O)N[C@@H](CC(C)C)C(=O)O. The molecule has 0 aliphatic rings. The maximum atomic E-state index is 13.7. The number of aromatic nitrogens is 2. The number of nitrogens with one attached hydrogen (secondary N) is 9. The number of H-pyrrole nitrogens is 1. The van der Waals surface area contributed by atoms with Crippen LogP contribution in [0.4, 0.5) is 0 Å². The van der Waals surface area contributed by atoms with Crippen LogP contribution in [0.3, 0.4) is 0 Å². The molecule has 0 aliphatic heterocycles. The summed E-state index contributed by atoms with van der Waals surface area (Å²) in [7, 11) is 0. The Morgan fingerprint density at radius 3 is 1.55 bits per heavy atom. The van der Waals surface area contributed by atoms with Crippen molar-refractivity contribution in [3.63, 3.8) is 0 Å². The lowest BCUT2D eigenvalue weighted by Crippen LogP contribution is -2.60. The Hall–Kier alpha value is -5.60. The number of hydrogen-bond donors (Lipinski definition) is 11. The van der Waals surface area contributed by atoms with E-state index in [1.165, 1.54) is 26.4 Å². The van der Waals surface area contributed by atoms with Crippen molar-refractivity contribution in [2.45, 2.75) is 164 Å². The van der Waals surface area contributed by atoms with Gasteiger partial charge in [-0.1, -0.05) is 75.7 Å². The van der Waals surface area contributed by atoms with Crippen LogP contribution in [-0.2, 0) is 49.6 Å². The van der Waals surface area contributed by atoms with Crippen LogP contribution in [0.1, 0.15) is 114 Å². The van der Waals surface area contributed by atoms with Crippen LogP contribution in [0.25, 0.3) is 0 Å². The number of imidazole rings is 1. The molecule has 21 nitrogen and oxygen atoms in total. The zero-order valence-electron chi connectivity index (χ0n) is 39.5. The standard InChI is InChI=1S/C43H75N11O10/c1-13-25(10)35(41(61)46-19-33(55)48-26(11)36(56)50-31(15-22(4)5)40(60)52-32(43(63)64)16-23(6)7)54-42(62)34(24(8)9)53-37(57)27(12)49-39(59)30(14-21(2)3)51-38(58)29(44)17-28-18-45-20-47-28/h18,20-27,29-32,34-35H,13-17,19,44H2,1-12H3,(H,45,47)(H,46,61)(H,48,55)(H,49,59)(H,50,56)(H,51,58)(H,52,60)(H,53,57)(H,54,62)(H,63,64)/t25-,26-,27-,29-,30-,31-,32-,34-,35-/m0/s1. The molecule has 0 bridgehead atoms. The van der Waals surface area contributed by atoms with Crippen LogP contribution >= 0.6 is 0 Å². The molecule has 1 heterocycles. The normalized spacial score (nSPS) is 15.6. The Balaban J connectivity index is 2.93. The first-order valence-electron chi connectivity index (χ1n) is 22.1. The minimum absolute atomic E-state index is 0.0103. The highest BCUT2D eigenvalue weighted by molar-refractivity contribution is 5.97. The van der Waals surface area contributed by atoms with Crippen molar-refractivity contribution < 1.29 is 48.3 Å². The molecule has 0 radical (unpaired) electrons. The van der Waals surface area contributed by atoms with E-state index in [1.807, 2.05) is 41.5 Å². The highest BCUT2D eigenvalue weighted by Crippen LogP contribution is 2.12. The summed E-state index contributed by atoms with van der Waals surface area (Å²) < 4.78 is 0. The molecule has 362 valence electrons. The van der Waals surface area contributed by atoms with Gasteiger partial charge < -0.3 is 58.4 Å². The smallest absolute Gasteiger partial charge is 0.326 e. The third-order valence-electron chi connectivity index (χ3n) is 10.3. The number of aliphatic carboxylic acids is 1. The summed E-state index contributed by atoms with van der Waals surface area (Å²) in [5, 5.41) is 30.3. The van der Waals surface area contributed by atoms with Gasteiger partial charge in [-0.3, -0.25) is 38.4 Å². The molecule has 1 rings (SSSR count). The van der Waals surface area contributed by atoms with E-state index in [0.29, 0.717) is 12.1 Å². The molecule has 64 heavy (non-hydrogen) atoms. The van der Waals surface area contributed by atoms with E-state index < -0.39 is 120 Å². The van der Waals surface area contributed by atoms with Gasteiger partial charge in [-0.05, 0) is 62.7 Å². The van der Waals surface area contributed by atoms with Gasteiger partial charge in [0.1, 0.15) is 42.3 Å². The maximum Gasteiger partial charge on any atom is 0.326 e. The van der Waals surface area contributed by atoms with Gasteiger partial charge in [-0.15, -0.1) is 0 Å². The Labute approximate surface area is 376 Å². The quantitative estimate of drug-likeness (QED) is 0.0519. The van der Waals surface area contributed by atoms with E-state index in [1.54, 1.807) is 27.7 Å². The number of carboxylic acid groups (broad SMARTS) is 1. The average Bonchev–Trinajstić information content (AvgIpc) is 3.71. The molecule has 12 N–H and O–H groups in total. The van der Waals surface area contributed by atoms with E-state index in [0.717, 1.165) is 0 Å². The number of rotatable bonds is 28. The lowest BCUT2D eigenvalue weighted by molar-refractivity contribution is -0.143. The van der Waals surface area contributed by atoms with Gasteiger partial charge in [0.15, 0.2) is 0 Å². The molecular formula is C43H75N11O10. The van der Waals surface area contributed by atoms with Gasteiger partial charge >= 0.3 is 5.97 Å². The van der Waals surface area contributed by atoms with E-state index in [4.69, 9.17) is 5.73 Å². The summed E-state index contributed by atoms with van der Waals surface area (Å²) in [5.74, 6) is -7.56. The van der Waals surface area contributed by atoms with Crippen LogP contribution in [0.15, 0.2) is 12.5 Å². The van der Waals surface area contributed by atoms with Crippen molar-refractivity contribution in [2.75, 3.05) is 6.54 Å². The van der Waals surface area contributed by atoms with Gasteiger partial charge in [0.2, 0.25) is 47.3 Å². The number of amides is 8. The van der Waals surface area contributed by atoms with Gasteiger partial charge in [0.05, 0.1) is 18.9 Å². The molecule has 0 saturated heterocycles. The fourth-order valence-electron chi connectivity index (χ4n) is 6.45. The van der Waals surface area contributed by atoms with E-state index in [-0.39, 0.29) is 43.4 Å². The third-order valence-corrected chi connectivity index (χ3v) is 10.3. The predicted octanol–water partition coefficient (Wildman–Crippen LogP) is -0.246. The molecule has 1 aromatic heterocycles. The molecule has 1 aromatic rings. The number of hydrogen-bond acceptors (Lipinski definition) is 11. The number of nitrogens with two attached hydrogens (primary N) is 1. The molecular weight excluding hydrogens is 831 g/mol. The second-order valence-corrected chi connectivity index (χ2v) is 18.1. The van der Waals surface area contributed by atoms with E-state index in [2.05, 4.69) is 52.5 Å². The fraction of sp³-hybridized carbons (Fsp3) is 0.721.